The molecule has 0 aliphatic carbocycles. The highest BCUT2D eigenvalue weighted by molar-refractivity contribution is 5.97. The second-order valence-corrected chi connectivity index (χ2v) is 7.88. The van der Waals surface area contributed by atoms with Crippen LogP contribution in [-0.4, -0.2) is 63.3 Å². The van der Waals surface area contributed by atoms with E-state index in [1.165, 1.54) is 6.92 Å². The van der Waals surface area contributed by atoms with Gasteiger partial charge in [0.05, 0.1) is 6.04 Å². The Morgan fingerprint density at radius 3 is 2.62 bits per heavy atom. The van der Waals surface area contributed by atoms with Crippen molar-refractivity contribution in [3.05, 3.63) is 24.0 Å². The predicted molar refractivity (Wildman–Crippen MR) is 97.4 cm³/mol. The second-order valence-electron chi connectivity index (χ2n) is 7.88. The van der Waals surface area contributed by atoms with Gasteiger partial charge in [-0.2, -0.15) is 0 Å². The Balaban J connectivity index is 1.86. The number of aryl methyl sites for hydroxylation is 1. The summed E-state index contributed by atoms with van der Waals surface area (Å²) in [6, 6.07) is 3.12. The summed E-state index contributed by atoms with van der Waals surface area (Å²) >= 11 is 0. The van der Waals surface area contributed by atoms with Crippen molar-refractivity contribution in [1.82, 2.24) is 19.7 Å². The van der Waals surface area contributed by atoms with E-state index in [1.807, 2.05) is 24.2 Å². The number of hydrogen-bond acceptors (Lipinski definition) is 3. The summed E-state index contributed by atoms with van der Waals surface area (Å²) in [4.78, 5) is 41.3. The van der Waals surface area contributed by atoms with Gasteiger partial charge in [0, 0.05) is 39.3 Å². The molecule has 2 aliphatic heterocycles. The Morgan fingerprint density at radius 2 is 2.04 bits per heavy atom. The van der Waals surface area contributed by atoms with E-state index in [0.29, 0.717) is 37.5 Å². The van der Waals surface area contributed by atoms with E-state index in [2.05, 4.69) is 19.2 Å². The minimum Gasteiger partial charge on any atom is -0.352 e. The molecule has 1 aromatic rings. The zero-order valence-electron chi connectivity index (χ0n) is 15.9. The summed E-state index contributed by atoms with van der Waals surface area (Å²) in [6.45, 7) is 6.67. The van der Waals surface area contributed by atoms with Gasteiger partial charge < -0.3 is 19.7 Å². The molecule has 0 unspecified atom stereocenters. The first kappa shape index (κ1) is 18.5. The molecule has 1 N–H and O–H groups in total. The lowest BCUT2D eigenvalue weighted by atomic mass is 9.96. The van der Waals surface area contributed by atoms with Crippen LogP contribution in [0.15, 0.2) is 18.3 Å². The quantitative estimate of drug-likeness (QED) is 0.870. The number of rotatable bonds is 4. The topological polar surface area (TPSA) is 74.6 Å². The van der Waals surface area contributed by atoms with E-state index < -0.39 is 6.04 Å². The molecule has 7 nitrogen and oxygen atoms in total. The second kappa shape index (κ2) is 7.13. The van der Waals surface area contributed by atoms with E-state index in [-0.39, 0.29) is 29.8 Å². The molecule has 3 atom stereocenters. The van der Waals surface area contributed by atoms with Gasteiger partial charge in [-0.15, -0.1) is 0 Å². The molecule has 0 aromatic carbocycles. The molecule has 2 aliphatic rings. The van der Waals surface area contributed by atoms with Crippen molar-refractivity contribution >= 4 is 17.7 Å². The van der Waals surface area contributed by atoms with Crippen molar-refractivity contribution in [2.45, 2.75) is 51.7 Å². The molecule has 1 aromatic heterocycles. The monoisotopic (exact) mass is 360 g/mol. The van der Waals surface area contributed by atoms with Crippen molar-refractivity contribution < 1.29 is 14.4 Å². The molecule has 0 radical (unpaired) electrons. The molecule has 0 saturated carbocycles. The number of aromatic nitrogens is 1. The van der Waals surface area contributed by atoms with Crippen molar-refractivity contribution in [3.63, 3.8) is 0 Å². The van der Waals surface area contributed by atoms with Gasteiger partial charge in [-0.05, 0) is 30.9 Å². The highest BCUT2D eigenvalue weighted by Crippen LogP contribution is 2.30. The van der Waals surface area contributed by atoms with E-state index in [9.17, 15) is 14.4 Å². The van der Waals surface area contributed by atoms with E-state index >= 15 is 0 Å². The maximum atomic E-state index is 13.2. The summed E-state index contributed by atoms with van der Waals surface area (Å²) in [6.07, 6.45) is 3.17. The number of carbonyl (C=O) groups excluding carboxylic acids is 3. The van der Waals surface area contributed by atoms with Crippen LogP contribution in [0, 0.1) is 5.92 Å². The van der Waals surface area contributed by atoms with Crippen molar-refractivity contribution in [3.8, 4) is 0 Å². The SMILES string of the molecule is CC(=O)N[C@H]1C[C@H]2CN(C(=O)c3cccn3C)[C@@H](CC(C)C)C(=O)N2C1. The van der Waals surface area contributed by atoms with Crippen LogP contribution >= 0.6 is 0 Å². The maximum Gasteiger partial charge on any atom is 0.271 e. The van der Waals surface area contributed by atoms with Gasteiger partial charge in [-0.3, -0.25) is 14.4 Å². The summed E-state index contributed by atoms with van der Waals surface area (Å²) in [5.74, 6) is 0.125. The maximum absolute atomic E-state index is 13.2. The molecular formula is C19H28N4O3. The molecule has 142 valence electrons. The van der Waals surface area contributed by atoms with Crippen molar-refractivity contribution in [2.24, 2.45) is 13.0 Å². The van der Waals surface area contributed by atoms with Gasteiger partial charge in [-0.25, -0.2) is 0 Å². The minimum atomic E-state index is -0.440. The lowest BCUT2D eigenvalue weighted by Gasteiger charge is -2.43. The summed E-state index contributed by atoms with van der Waals surface area (Å²) in [7, 11) is 1.84. The Labute approximate surface area is 154 Å². The number of piperazine rings is 1. The molecule has 26 heavy (non-hydrogen) atoms. The fourth-order valence-corrected chi connectivity index (χ4v) is 4.16. The first-order chi connectivity index (χ1) is 12.3. The third-order valence-electron chi connectivity index (χ3n) is 5.29. The lowest BCUT2D eigenvalue weighted by Crippen LogP contribution is -2.61. The van der Waals surface area contributed by atoms with Crippen LogP contribution in [0.4, 0.5) is 0 Å². The first-order valence-corrected chi connectivity index (χ1v) is 9.27. The van der Waals surface area contributed by atoms with Crippen LogP contribution in [-0.2, 0) is 16.6 Å². The number of nitrogens with zero attached hydrogens (tertiary/aromatic N) is 3. The Morgan fingerprint density at radius 1 is 1.31 bits per heavy atom. The number of carbonyl (C=O) groups is 3. The Hall–Kier alpha value is -2.31. The Bertz CT molecular complexity index is 711. The van der Waals surface area contributed by atoms with Crippen LogP contribution < -0.4 is 5.32 Å². The number of hydrogen-bond donors (Lipinski definition) is 1. The average molecular weight is 360 g/mol. The smallest absolute Gasteiger partial charge is 0.271 e. The van der Waals surface area contributed by atoms with Gasteiger partial charge in [-0.1, -0.05) is 13.8 Å². The highest BCUT2D eigenvalue weighted by atomic mass is 16.2. The van der Waals surface area contributed by atoms with E-state index in [1.54, 1.807) is 15.5 Å². The molecule has 2 fully saturated rings. The molecule has 7 heteroatoms. The Kier molecular flexibility index (Phi) is 5.07. The summed E-state index contributed by atoms with van der Waals surface area (Å²) in [5.41, 5.74) is 0.594. The standard InChI is InChI=1S/C19H28N4O3/c1-12(2)8-17-19(26)22-10-14(20-13(3)24)9-15(22)11-23(17)18(25)16-6-5-7-21(16)4/h5-7,12,14-15,17H,8-11H2,1-4H3,(H,20,24)/t14-,15-,17-/m0/s1. The van der Waals surface area contributed by atoms with Gasteiger partial charge in [0.2, 0.25) is 11.8 Å². The van der Waals surface area contributed by atoms with Crippen LogP contribution in [0.3, 0.4) is 0 Å². The van der Waals surface area contributed by atoms with Crippen LogP contribution in [0.5, 0.6) is 0 Å². The number of fused-ring (bicyclic) bond motifs is 1. The van der Waals surface area contributed by atoms with Crippen LogP contribution in [0.25, 0.3) is 0 Å². The lowest BCUT2D eigenvalue weighted by molar-refractivity contribution is -0.142. The van der Waals surface area contributed by atoms with Crippen molar-refractivity contribution in [1.29, 1.82) is 0 Å². The molecular weight excluding hydrogens is 332 g/mol. The predicted octanol–water partition coefficient (Wildman–Crippen LogP) is 1.00. The van der Waals surface area contributed by atoms with Gasteiger partial charge >= 0.3 is 0 Å². The molecule has 3 amide bonds. The largest absolute Gasteiger partial charge is 0.352 e. The zero-order valence-corrected chi connectivity index (χ0v) is 15.9. The molecule has 3 heterocycles. The minimum absolute atomic E-state index is 0.00496. The summed E-state index contributed by atoms with van der Waals surface area (Å²) in [5, 5.41) is 2.91. The van der Waals surface area contributed by atoms with Crippen LogP contribution in [0.1, 0.15) is 44.1 Å². The fourth-order valence-electron chi connectivity index (χ4n) is 4.16. The summed E-state index contributed by atoms with van der Waals surface area (Å²) < 4.78 is 1.79. The molecule has 3 rings (SSSR count). The third kappa shape index (κ3) is 3.48. The number of nitrogens with one attached hydrogen (secondary N) is 1. The molecule has 0 bridgehead atoms. The fraction of sp³-hybridized carbons (Fsp3) is 0.632. The number of amides is 3. The normalized spacial score (nSPS) is 25.6. The zero-order chi connectivity index (χ0) is 19.0. The van der Waals surface area contributed by atoms with Gasteiger partial charge in [0.1, 0.15) is 11.7 Å². The third-order valence-corrected chi connectivity index (χ3v) is 5.29. The first-order valence-electron chi connectivity index (χ1n) is 9.27. The van der Waals surface area contributed by atoms with E-state index in [4.69, 9.17) is 0 Å². The van der Waals surface area contributed by atoms with E-state index in [0.717, 1.165) is 0 Å². The molecule has 2 saturated heterocycles. The van der Waals surface area contributed by atoms with Crippen molar-refractivity contribution in [2.75, 3.05) is 13.1 Å². The van der Waals surface area contributed by atoms with Crippen LogP contribution in [0.2, 0.25) is 0 Å². The molecule has 0 spiro atoms. The highest BCUT2D eigenvalue weighted by Gasteiger charge is 2.47. The van der Waals surface area contributed by atoms with Gasteiger partial charge in [0.25, 0.3) is 5.91 Å². The average Bonchev–Trinajstić information content (AvgIpc) is 3.14. The van der Waals surface area contributed by atoms with Gasteiger partial charge in [0.15, 0.2) is 0 Å².